The van der Waals surface area contributed by atoms with E-state index in [1.165, 1.54) is 0 Å². The van der Waals surface area contributed by atoms with Crippen molar-refractivity contribution in [3.63, 3.8) is 0 Å². The highest BCUT2D eigenvalue weighted by atomic mass is 19.3. The van der Waals surface area contributed by atoms with E-state index >= 15 is 0 Å². The van der Waals surface area contributed by atoms with Gasteiger partial charge in [-0.2, -0.15) is 0 Å². The van der Waals surface area contributed by atoms with E-state index in [9.17, 15) is 18.0 Å². The largest absolute Gasteiger partial charge is 0.438 e. The van der Waals surface area contributed by atoms with Gasteiger partial charge in [-0.1, -0.05) is 36.9 Å². The molecular formula is C32H35F3N4O2. The van der Waals surface area contributed by atoms with Crippen molar-refractivity contribution in [2.75, 3.05) is 17.7 Å². The summed E-state index contributed by atoms with van der Waals surface area (Å²) in [5.41, 5.74) is 5.97. The first-order valence-electron chi connectivity index (χ1n) is 12.8. The zero-order valence-electron chi connectivity index (χ0n) is 23.8. The number of pyridine rings is 2. The lowest BCUT2D eigenvalue weighted by molar-refractivity contribution is -0.105. The van der Waals surface area contributed by atoms with Crippen LogP contribution in [0.25, 0.3) is 17.2 Å². The molecule has 0 saturated heterocycles. The normalized spacial score (nSPS) is 11.0. The van der Waals surface area contributed by atoms with Gasteiger partial charge in [0.25, 0.3) is 5.92 Å². The Morgan fingerprint density at radius 1 is 1.00 bits per heavy atom. The van der Waals surface area contributed by atoms with Gasteiger partial charge in [-0.15, -0.1) is 0 Å². The third-order valence-electron chi connectivity index (χ3n) is 5.69. The standard InChI is InChI=1S/C19H19N3O.C9H9NO.C4H7F3/c1-13-6-7-14(2)17(11-13)23-19-16(5-4-9-22-19)15-8-10-21-18(12-15)20-3;1-2-8-4-3-5-9(6-8)10-7-11;1-3(5)4(2,6)7/h4-12H,1-3H3,(H,20,21);2-7H,1H2,(H,10,11);3H,1-2H3. The summed E-state index contributed by atoms with van der Waals surface area (Å²) in [6.45, 7) is 9.08. The number of aryl methyl sites for hydroxylation is 2. The highest BCUT2D eigenvalue weighted by molar-refractivity contribution is 5.73. The van der Waals surface area contributed by atoms with Crippen LogP contribution in [0.1, 0.15) is 30.5 Å². The average molecular weight is 565 g/mol. The Labute approximate surface area is 239 Å². The monoisotopic (exact) mass is 564 g/mol. The van der Waals surface area contributed by atoms with E-state index in [1.54, 1.807) is 18.5 Å². The van der Waals surface area contributed by atoms with E-state index in [0.717, 1.165) is 52.0 Å². The number of carbonyl (C=O) groups excluding carboxylic acids is 1. The molecule has 0 spiro atoms. The summed E-state index contributed by atoms with van der Waals surface area (Å²) >= 11 is 0. The molecule has 4 aromatic rings. The summed E-state index contributed by atoms with van der Waals surface area (Å²) in [4.78, 5) is 18.7. The molecule has 0 saturated carbocycles. The van der Waals surface area contributed by atoms with Crippen molar-refractivity contribution in [1.82, 2.24) is 9.97 Å². The number of nitrogens with zero attached hydrogens (tertiary/aromatic N) is 2. The molecule has 2 N–H and O–H groups in total. The van der Waals surface area contributed by atoms with Crippen LogP contribution in [0.3, 0.4) is 0 Å². The van der Waals surface area contributed by atoms with Gasteiger partial charge in [0.1, 0.15) is 11.6 Å². The van der Waals surface area contributed by atoms with Crippen molar-refractivity contribution in [2.24, 2.45) is 0 Å². The number of amides is 1. The smallest absolute Gasteiger partial charge is 0.275 e. The number of aromatic nitrogens is 2. The molecule has 2 aromatic carbocycles. The fraction of sp³-hybridized carbons (Fsp3) is 0.219. The van der Waals surface area contributed by atoms with Crippen LogP contribution in [0, 0.1) is 13.8 Å². The van der Waals surface area contributed by atoms with E-state index in [4.69, 9.17) is 4.74 Å². The second-order valence-electron chi connectivity index (χ2n) is 9.07. The van der Waals surface area contributed by atoms with Crippen LogP contribution < -0.4 is 15.4 Å². The van der Waals surface area contributed by atoms with Gasteiger partial charge in [-0.25, -0.2) is 23.1 Å². The Morgan fingerprint density at radius 3 is 2.37 bits per heavy atom. The number of rotatable bonds is 8. The zero-order valence-corrected chi connectivity index (χ0v) is 23.8. The first-order chi connectivity index (χ1) is 19.5. The second-order valence-corrected chi connectivity index (χ2v) is 9.07. The number of halogens is 3. The quantitative estimate of drug-likeness (QED) is 0.210. The van der Waals surface area contributed by atoms with Crippen LogP contribution in [0.5, 0.6) is 11.6 Å². The van der Waals surface area contributed by atoms with Crippen molar-refractivity contribution in [1.29, 1.82) is 0 Å². The van der Waals surface area contributed by atoms with Crippen LogP contribution >= 0.6 is 0 Å². The first-order valence-corrected chi connectivity index (χ1v) is 12.8. The summed E-state index contributed by atoms with van der Waals surface area (Å²) in [5, 5.41) is 5.60. The zero-order chi connectivity index (χ0) is 30.4. The first kappa shape index (κ1) is 32.6. The molecule has 2 aromatic heterocycles. The van der Waals surface area contributed by atoms with E-state index in [0.29, 0.717) is 19.2 Å². The van der Waals surface area contributed by atoms with Gasteiger partial charge in [0.2, 0.25) is 12.3 Å². The molecule has 1 unspecified atom stereocenters. The number of hydrogen-bond acceptors (Lipinski definition) is 5. The maximum atomic E-state index is 11.5. The lowest BCUT2D eigenvalue weighted by atomic mass is 10.1. The molecule has 0 radical (unpaired) electrons. The molecule has 216 valence electrons. The van der Waals surface area contributed by atoms with Gasteiger partial charge in [0.15, 0.2) is 6.17 Å². The Balaban J connectivity index is 0.000000270. The fourth-order valence-electron chi connectivity index (χ4n) is 3.17. The molecule has 2 heterocycles. The number of hydrogen-bond donors (Lipinski definition) is 2. The van der Waals surface area contributed by atoms with E-state index in [1.807, 2.05) is 75.5 Å². The van der Waals surface area contributed by atoms with Crippen LogP contribution in [-0.2, 0) is 4.79 Å². The third kappa shape index (κ3) is 10.8. The Kier molecular flexibility index (Phi) is 12.6. The van der Waals surface area contributed by atoms with Gasteiger partial charge in [0.05, 0.1) is 0 Å². The maximum absolute atomic E-state index is 11.5. The Hall–Kier alpha value is -4.66. The predicted molar refractivity (Wildman–Crippen MR) is 160 cm³/mol. The van der Waals surface area contributed by atoms with E-state index in [2.05, 4.69) is 39.3 Å². The van der Waals surface area contributed by atoms with E-state index in [-0.39, 0.29) is 0 Å². The van der Waals surface area contributed by atoms with Crippen molar-refractivity contribution in [3.05, 3.63) is 102 Å². The van der Waals surface area contributed by atoms with Crippen LogP contribution in [0.15, 0.2) is 85.7 Å². The lowest BCUT2D eigenvalue weighted by Gasteiger charge is -2.13. The molecule has 0 aliphatic carbocycles. The third-order valence-corrected chi connectivity index (χ3v) is 5.69. The molecule has 1 atom stereocenters. The van der Waals surface area contributed by atoms with Gasteiger partial charge >= 0.3 is 0 Å². The highest BCUT2D eigenvalue weighted by Gasteiger charge is 2.29. The number of carbonyl (C=O) groups is 1. The number of nitrogens with one attached hydrogen (secondary N) is 2. The van der Waals surface area contributed by atoms with Gasteiger partial charge in [-0.05, 0) is 85.5 Å². The van der Waals surface area contributed by atoms with Gasteiger partial charge < -0.3 is 15.4 Å². The second kappa shape index (κ2) is 15.8. The summed E-state index contributed by atoms with van der Waals surface area (Å²) < 4.78 is 40.5. The molecule has 41 heavy (non-hydrogen) atoms. The van der Waals surface area contributed by atoms with Crippen molar-refractivity contribution >= 4 is 24.0 Å². The number of benzene rings is 2. The predicted octanol–water partition coefficient (Wildman–Crippen LogP) is 8.49. The van der Waals surface area contributed by atoms with Crippen molar-refractivity contribution in [2.45, 2.75) is 39.8 Å². The molecule has 4 rings (SSSR count). The number of alkyl halides is 3. The molecule has 0 fully saturated rings. The minimum atomic E-state index is -3.17. The summed E-state index contributed by atoms with van der Waals surface area (Å²) in [7, 11) is 1.85. The Bertz CT molecular complexity index is 1420. The average Bonchev–Trinajstić information content (AvgIpc) is 2.96. The maximum Gasteiger partial charge on any atom is 0.275 e. The molecule has 9 heteroatoms. The van der Waals surface area contributed by atoms with Gasteiger partial charge in [-0.3, -0.25) is 4.79 Å². The minimum absolute atomic E-state index is 0.553. The van der Waals surface area contributed by atoms with Crippen LogP contribution in [0.4, 0.5) is 24.7 Å². The van der Waals surface area contributed by atoms with Crippen LogP contribution in [0.2, 0.25) is 0 Å². The molecular weight excluding hydrogens is 529 g/mol. The fourth-order valence-corrected chi connectivity index (χ4v) is 3.17. The van der Waals surface area contributed by atoms with Crippen molar-refractivity contribution < 1.29 is 22.7 Å². The molecule has 0 bridgehead atoms. The van der Waals surface area contributed by atoms with Gasteiger partial charge in [0, 0.05) is 37.6 Å². The van der Waals surface area contributed by atoms with E-state index < -0.39 is 12.1 Å². The summed E-state index contributed by atoms with van der Waals surface area (Å²) in [6, 6.07) is 21.4. The van der Waals surface area contributed by atoms with Crippen molar-refractivity contribution in [3.8, 4) is 22.8 Å². The number of ether oxygens (including phenoxy) is 1. The Morgan fingerprint density at radius 2 is 1.73 bits per heavy atom. The molecule has 0 aliphatic heterocycles. The van der Waals surface area contributed by atoms with Crippen LogP contribution in [-0.4, -0.2) is 35.5 Å². The topological polar surface area (TPSA) is 76.1 Å². The summed E-state index contributed by atoms with van der Waals surface area (Å²) in [5.74, 6) is -0.939. The molecule has 6 nitrogen and oxygen atoms in total. The SMILES string of the molecule is C=Cc1cccc(NC=O)c1.CC(F)C(C)(F)F.CNc1cc(-c2cccnc2Oc2cc(C)ccc2C)ccn1. The molecule has 1 amide bonds. The summed E-state index contributed by atoms with van der Waals surface area (Å²) in [6.07, 6.45) is 3.87. The molecule has 0 aliphatic rings. The lowest BCUT2D eigenvalue weighted by Crippen LogP contribution is -2.21. The minimum Gasteiger partial charge on any atom is -0.438 e. The number of anilines is 2. The highest BCUT2D eigenvalue weighted by Crippen LogP contribution is 2.33.